The molecule has 1 aliphatic heterocycles. The smallest absolute Gasteiger partial charge is 0.0543 e. The Balaban J connectivity index is 1.49. The van der Waals surface area contributed by atoms with Crippen molar-refractivity contribution in [1.29, 1.82) is 0 Å². The molecule has 0 aliphatic carbocycles. The maximum Gasteiger partial charge on any atom is 0.0543 e. The molecule has 3 rings (SSSR count). The van der Waals surface area contributed by atoms with Crippen LogP contribution in [0.5, 0.6) is 0 Å². The summed E-state index contributed by atoms with van der Waals surface area (Å²) in [6.45, 7) is 9.72. The van der Waals surface area contributed by atoms with E-state index in [-0.39, 0.29) is 0 Å². The van der Waals surface area contributed by atoms with E-state index in [9.17, 15) is 0 Å². The van der Waals surface area contributed by atoms with Gasteiger partial charge in [-0.2, -0.15) is 5.10 Å². The third-order valence-corrected chi connectivity index (χ3v) is 4.34. The van der Waals surface area contributed by atoms with Crippen molar-refractivity contribution < 1.29 is 0 Å². The van der Waals surface area contributed by atoms with Gasteiger partial charge in [0.1, 0.15) is 0 Å². The molecule has 5 heteroatoms. The summed E-state index contributed by atoms with van der Waals surface area (Å²) in [4.78, 5) is 9.51. The molecule has 0 bridgehead atoms. The zero-order chi connectivity index (χ0) is 15.9. The van der Waals surface area contributed by atoms with Gasteiger partial charge in [-0.25, -0.2) is 0 Å². The first kappa shape index (κ1) is 16.1. The Morgan fingerprint density at radius 3 is 2.61 bits per heavy atom. The van der Waals surface area contributed by atoms with Gasteiger partial charge in [0, 0.05) is 50.7 Å². The maximum absolute atomic E-state index is 4.44. The summed E-state index contributed by atoms with van der Waals surface area (Å²) in [5, 5.41) is 4.44. The van der Waals surface area contributed by atoms with Crippen molar-refractivity contribution in [3.05, 3.63) is 48.0 Å². The summed E-state index contributed by atoms with van der Waals surface area (Å²) in [6.07, 6.45) is 8.45. The van der Waals surface area contributed by atoms with Crippen molar-refractivity contribution >= 4 is 0 Å². The van der Waals surface area contributed by atoms with Crippen molar-refractivity contribution in [3.8, 4) is 0 Å². The highest BCUT2D eigenvalue weighted by molar-refractivity contribution is 5.05. The Morgan fingerprint density at radius 2 is 1.87 bits per heavy atom. The molecule has 2 aromatic heterocycles. The summed E-state index contributed by atoms with van der Waals surface area (Å²) in [5.41, 5.74) is 2.50. The van der Waals surface area contributed by atoms with Gasteiger partial charge >= 0.3 is 0 Å². The van der Waals surface area contributed by atoms with Gasteiger partial charge in [-0.05, 0) is 38.1 Å². The summed E-state index contributed by atoms with van der Waals surface area (Å²) in [7, 11) is 0. The van der Waals surface area contributed by atoms with Crippen molar-refractivity contribution in [1.82, 2.24) is 24.6 Å². The molecule has 0 aromatic carbocycles. The van der Waals surface area contributed by atoms with E-state index in [4.69, 9.17) is 0 Å². The molecule has 0 radical (unpaired) electrons. The fourth-order valence-corrected chi connectivity index (χ4v) is 3.16. The summed E-state index contributed by atoms with van der Waals surface area (Å²) >= 11 is 0. The minimum Gasteiger partial charge on any atom is -0.298 e. The maximum atomic E-state index is 4.44. The Hall–Kier alpha value is -1.72. The minimum absolute atomic E-state index is 0.961. The average Bonchev–Trinajstić information content (AvgIpc) is 2.88. The topological polar surface area (TPSA) is 37.2 Å². The van der Waals surface area contributed by atoms with Crippen LogP contribution in [0.2, 0.25) is 0 Å². The second kappa shape index (κ2) is 8.22. The van der Waals surface area contributed by atoms with Gasteiger partial charge in [0.25, 0.3) is 0 Å². The number of pyridine rings is 1. The highest BCUT2D eigenvalue weighted by Gasteiger charge is 2.16. The highest BCUT2D eigenvalue weighted by atomic mass is 15.3. The number of aromatic nitrogens is 3. The molecule has 5 nitrogen and oxygen atoms in total. The molecule has 0 amide bonds. The first-order valence-corrected chi connectivity index (χ1v) is 8.69. The standard InChI is InChI=1S/C18H27N5/c1-2-8-23-15-17(13-20-23)14-21-9-5-10-22(12-11-21)16-18-6-3-4-7-19-18/h3-4,6-7,13,15H,2,5,8-12,14,16H2,1H3. The summed E-state index contributed by atoms with van der Waals surface area (Å²) < 4.78 is 2.06. The molecule has 1 aliphatic rings. The molecule has 0 atom stereocenters. The lowest BCUT2D eigenvalue weighted by Gasteiger charge is -2.21. The molecule has 124 valence electrons. The van der Waals surface area contributed by atoms with Gasteiger partial charge in [-0.15, -0.1) is 0 Å². The van der Waals surface area contributed by atoms with Crippen LogP contribution in [0.1, 0.15) is 31.0 Å². The van der Waals surface area contributed by atoms with Crippen LogP contribution in [0.3, 0.4) is 0 Å². The molecule has 3 heterocycles. The van der Waals surface area contributed by atoms with Crippen LogP contribution in [0, 0.1) is 0 Å². The highest BCUT2D eigenvalue weighted by Crippen LogP contribution is 2.11. The molecule has 0 unspecified atom stereocenters. The lowest BCUT2D eigenvalue weighted by atomic mass is 10.3. The lowest BCUT2D eigenvalue weighted by molar-refractivity contribution is 0.245. The fourth-order valence-electron chi connectivity index (χ4n) is 3.16. The van der Waals surface area contributed by atoms with Crippen LogP contribution in [0.4, 0.5) is 0 Å². The summed E-state index contributed by atoms with van der Waals surface area (Å²) in [5.74, 6) is 0. The van der Waals surface area contributed by atoms with Crippen LogP contribution in [0.15, 0.2) is 36.8 Å². The van der Waals surface area contributed by atoms with E-state index in [1.165, 1.54) is 17.7 Å². The summed E-state index contributed by atoms with van der Waals surface area (Å²) in [6, 6.07) is 6.16. The Kier molecular flexibility index (Phi) is 5.77. The third-order valence-electron chi connectivity index (χ3n) is 4.34. The number of aryl methyl sites for hydroxylation is 1. The molecule has 0 spiro atoms. The monoisotopic (exact) mass is 313 g/mol. The molecular formula is C18H27N5. The zero-order valence-electron chi connectivity index (χ0n) is 14.1. The number of nitrogens with zero attached hydrogens (tertiary/aromatic N) is 5. The lowest BCUT2D eigenvalue weighted by Crippen LogP contribution is -2.30. The Morgan fingerprint density at radius 1 is 1.04 bits per heavy atom. The van der Waals surface area contributed by atoms with Crippen LogP contribution in [0.25, 0.3) is 0 Å². The normalized spacial score (nSPS) is 17.3. The van der Waals surface area contributed by atoms with Gasteiger partial charge in [0.2, 0.25) is 0 Å². The molecule has 2 aromatic rings. The van der Waals surface area contributed by atoms with Crippen molar-refractivity contribution in [2.75, 3.05) is 26.2 Å². The van der Waals surface area contributed by atoms with E-state index >= 15 is 0 Å². The quantitative estimate of drug-likeness (QED) is 0.821. The largest absolute Gasteiger partial charge is 0.298 e. The molecule has 23 heavy (non-hydrogen) atoms. The molecule has 0 N–H and O–H groups in total. The van der Waals surface area contributed by atoms with E-state index in [1.54, 1.807) is 0 Å². The zero-order valence-corrected chi connectivity index (χ0v) is 14.1. The van der Waals surface area contributed by atoms with E-state index in [0.29, 0.717) is 0 Å². The van der Waals surface area contributed by atoms with Crippen LogP contribution < -0.4 is 0 Å². The molecule has 1 fully saturated rings. The first-order chi connectivity index (χ1) is 11.3. The van der Waals surface area contributed by atoms with Gasteiger partial charge in [-0.1, -0.05) is 13.0 Å². The van der Waals surface area contributed by atoms with Gasteiger partial charge in [-0.3, -0.25) is 19.5 Å². The SMILES string of the molecule is CCCn1cc(CN2CCCN(Cc3ccccn3)CC2)cn1. The van der Waals surface area contributed by atoms with Crippen molar-refractivity contribution in [3.63, 3.8) is 0 Å². The molecular weight excluding hydrogens is 286 g/mol. The van der Waals surface area contributed by atoms with E-state index in [2.05, 4.69) is 49.8 Å². The van der Waals surface area contributed by atoms with Gasteiger partial charge in [0.15, 0.2) is 0 Å². The Bertz CT molecular complexity index is 580. The fraction of sp³-hybridized carbons (Fsp3) is 0.556. The molecule has 0 saturated carbocycles. The van der Waals surface area contributed by atoms with E-state index in [0.717, 1.165) is 52.2 Å². The predicted octanol–water partition coefficient (Wildman–Crippen LogP) is 2.40. The van der Waals surface area contributed by atoms with Gasteiger partial charge < -0.3 is 0 Å². The predicted molar refractivity (Wildman–Crippen MR) is 91.9 cm³/mol. The number of rotatable bonds is 6. The second-order valence-electron chi connectivity index (χ2n) is 6.34. The molecule has 1 saturated heterocycles. The van der Waals surface area contributed by atoms with Crippen molar-refractivity contribution in [2.24, 2.45) is 0 Å². The third kappa shape index (κ3) is 4.88. The minimum atomic E-state index is 0.961. The van der Waals surface area contributed by atoms with E-state index in [1.807, 2.05) is 18.5 Å². The van der Waals surface area contributed by atoms with E-state index < -0.39 is 0 Å². The van der Waals surface area contributed by atoms with Gasteiger partial charge in [0.05, 0.1) is 11.9 Å². The van der Waals surface area contributed by atoms with Crippen LogP contribution in [-0.2, 0) is 19.6 Å². The number of hydrogen-bond acceptors (Lipinski definition) is 4. The number of hydrogen-bond donors (Lipinski definition) is 0. The average molecular weight is 313 g/mol. The van der Waals surface area contributed by atoms with Crippen LogP contribution in [-0.4, -0.2) is 50.7 Å². The van der Waals surface area contributed by atoms with Crippen LogP contribution >= 0.6 is 0 Å². The second-order valence-corrected chi connectivity index (χ2v) is 6.34. The Labute approximate surface area is 138 Å². The van der Waals surface area contributed by atoms with Crippen molar-refractivity contribution in [2.45, 2.75) is 39.4 Å². The first-order valence-electron chi connectivity index (χ1n) is 8.69.